The number of rotatable bonds is 4. The SMILES string of the molecule is COC(=O)c1cccc(C[C@H](N)C(=O)OC)c1. The number of carbonyl (C=O) groups is 2. The van der Waals surface area contributed by atoms with Crippen LogP contribution in [0.25, 0.3) is 0 Å². The molecule has 2 N–H and O–H groups in total. The van der Waals surface area contributed by atoms with E-state index in [0.29, 0.717) is 12.0 Å². The van der Waals surface area contributed by atoms with Gasteiger partial charge in [0.1, 0.15) is 6.04 Å². The molecular formula is C12H15NO4. The number of benzene rings is 1. The Morgan fingerprint density at radius 3 is 2.59 bits per heavy atom. The van der Waals surface area contributed by atoms with E-state index in [4.69, 9.17) is 5.73 Å². The monoisotopic (exact) mass is 237 g/mol. The van der Waals surface area contributed by atoms with Crippen LogP contribution in [0.5, 0.6) is 0 Å². The van der Waals surface area contributed by atoms with Gasteiger partial charge in [-0.3, -0.25) is 4.79 Å². The smallest absolute Gasteiger partial charge is 0.337 e. The Hall–Kier alpha value is -1.88. The third kappa shape index (κ3) is 3.57. The number of ether oxygens (including phenoxy) is 2. The second-order valence-electron chi connectivity index (χ2n) is 3.53. The number of carbonyl (C=O) groups excluding carboxylic acids is 2. The molecule has 17 heavy (non-hydrogen) atoms. The Bertz CT molecular complexity index is 417. The number of methoxy groups -OCH3 is 2. The topological polar surface area (TPSA) is 78.6 Å². The van der Waals surface area contributed by atoms with Gasteiger partial charge in [0.2, 0.25) is 0 Å². The van der Waals surface area contributed by atoms with Crippen LogP contribution in [0.2, 0.25) is 0 Å². The summed E-state index contributed by atoms with van der Waals surface area (Å²) in [6.45, 7) is 0. The number of esters is 2. The minimum absolute atomic E-state index is 0.317. The zero-order valence-electron chi connectivity index (χ0n) is 9.80. The summed E-state index contributed by atoms with van der Waals surface area (Å²) in [7, 11) is 2.60. The van der Waals surface area contributed by atoms with Crippen molar-refractivity contribution >= 4 is 11.9 Å². The standard InChI is InChI=1S/C12H15NO4/c1-16-11(14)9-5-3-4-8(6-9)7-10(13)12(15)17-2/h3-6,10H,7,13H2,1-2H3/t10-/m0/s1. The molecule has 0 bridgehead atoms. The first-order valence-corrected chi connectivity index (χ1v) is 5.09. The van der Waals surface area contributed by atoms with E-state index < -0.39 is 18.0 Å². The van der Waals surface area contributed by atoms with E-state index in [1.807, 2.05) is 0 Å². The van der Waals surface area contributed by atoms with E-state index >= 15 is 0 Å². The molecule has 1 atom stereocenters. The van der Waals surface area contributed by atoms with Crippen molar-refractivity contribution in [1.29, 1.82) is 0 Å². The second-order valence-corrected chi connectivity index (χ2v) is 3.53. The first-order valence-electron chi connectivity index (χ1n) is 5.09. The molecule has 0 amide bonds. The van der Waals surface area contributed by atoms with Gasteiger partial charge in [0.05, 0.1) is 19.8 Å². The molecule has 0 fully saturated rings. The van der Waals surface area contributed by atoms with Gasteiger partial charge in [-0.25, -0.2) is 4.79 Å². The molecule has 0 unspecified atom stereocenters. The summed E-state index contributed by atoms with van der Waals surface area (Å²) in [5.41, 5.74) is 6.84. The molecule has 0 aliphatic heterocycles. The normalized spacial score (nSPS) is 11.7. The Kier molecular flexibility index (Phi) is 4.66. The maximum Gasteiger partial charge on any atom is 0.337 e. The molecule has 0 aliphatic rings. The van der Waals surface area contributed by atoms with E-state index in [1.165, 1.54) is 14.2 Å². The van der Waals surface area contributed by atoms with Crippen LogP contribution in [0.1, 0.15) is 15.9 Å². The summed E-state index contributed by atoms with van der Waals surface area (Å²) in [5.74, 6) is -0.896. The summed E-state index contributed by atoms with van der Waals surface area (Å²) >= 11 is 0. The fourth-order valence-electron chi connectivity index (χ4n) is 1.43. The summed E-state index contributed by atoms with van der Waals surface area (Å²) in [6, 6.07) is 6.06. The van der Waals surface area contributed by atoms with Gasteiger partial charge >= 0.3 is 11.9 Å². The quantitative estimate of drug-likeness (QED) is 0.772. The van der Waals surface area contributed by atoms with Crippen LogP contribution in [0.4, 0.5) is 0 Å². The van der Waals surface area contributed by atoms with Crippen LogP contribution >= 0.6 is 0 Å². The predicted octanol–water partition coefficient (Wildman–Crippen LogP) is 0.516. The van der Waals surface area contributed by atoms with E-state index in [0.717, 1.165) is 5.56 Å². The fourth-order valence-corrected chi connectivity index (χ4v) is 1.43. The van der Waals surface area contributed by atoms with Gasteiger partial charge < -0.3 is 15.2 Å². The third-order valence-electron chi connectivity index (χ3n) is 2.31. The minimum atomic E-state index is -0.729. The zero-order valence-corrected chi connectivity index (χ0v) is 9.80. The van der Waals surface area contributed by atoms with Crippen molar-refractivity contribution in [3.05, 3.63) is 35.4 Å². The zero-order chi connectivity index (χ0) is 12.8. The van der Waals surface area contributed by atoms with Crippen molar-refractivity contribution in [3.63, 3.8) is 0 Å². The van der Waals surface area contributed by atoms with E-state index in [9.17, 15) is 9.59 Å². The fraction of sp³-hybridized carbons (Fsp3) is 0.333. The molecule has 0 heterocycles. The van der Waals surface area contributed by atoms with Crippen molar-refractivity contribution in [2.75, 3.05) is 14.2 Å². The maximum atomic E-state index is 11.3. The van der Waals surface area contributed by atoms with Crippen molar-refractivity contribution in [2.45, 2.75) is 12.5 Å². The van der Waals surface area contributed by atoms with Gasteiger partial charge in [0.25, 0.3) is 0 Å². The maximum absolute atomic E-state index is 11.3. The largest absolute Gasteiger partial charge is 0.468 e. The van der Waals surface area contributed by atoms with E-state index in [2.05, 4.69) is 9.47 Å². The van der Waals surface area contributed by atoms with Crippen LogP contribution in [0.3, 0.4) is 0 Å². The molecule has 1 aromatic carbocycles. The Morgan fingerprint density at radius 2 is 2.00 bits per heavy atom. The molecule has 0 aromatic heterocycles. The van der Waals surface area contributed by atoms with Crippen LogP contribution in [0.15, 0.2) is 24.3 Å². The number of nitrogens with two attached hydrogens (primary N) is 1. The molecule has 0 saturated carbocycles. The highest BCUT2D eigenvalue weighted by Crippen LogP contribution is 2.08. The summed E-state index contributed by atoms with van der Waals surface area (Å²) in [6.07, 6.45) is 0.317. The first-order chi connectivity index (χ1) is 8.08. The summed E-state index contributed by atoms with van der Waals surface area (Å²) in [4.78, 5) is 22.4. The lowest BCUT2D eigenvalue weighted by Crippen LogP contribution is -2.33. The first kappa shape index (κ1) is 13.2. The van der Waals surface area contributed by atoms with Crippen LogP contribution in [-0.4, -0.2) is 32.2 Å². The van der Waals surface area contributed by atoms with Gasteiger partial charge in [-0.1, -0.05) is 12.1 Å². The van der Waals surface area contributed by atoms with E-state index in [-0.39, 0.29) is 0 Å². The molecule has 0 saturated heterocycles. The Balaban J connectivity index is 2.79. The van der Waals surface area contributed by atoms with E-state index in [1.54, 1.807) is 24.3 Å². The molecule has 0 radical (unpaired) electrons. The third-order valence-corrected chi connectivity index (χ3v) is 2.31. The highest BCUT2D eigenvalue weighted by atomic mass is 16.5. The Morgan fingerprint density at radius 1 is 1.29 bits per heavy atom. The minimum Gasteiger partial charge on any atom is -0.468 e. The van der Waals surface area contributed by atoms with Gasteiger partial charge in [0, 0.05) is 0 Å². The lowest BCUT2D eigenvalue weighted by Gasteiger charge is -2.09. The van der Waals surface area contributed by atoms with Crippen molar-refractivity contribution < 1.29 is 19.1 Å². The van der Waals surface area contributed by atoms with Gasteiger partial charge in [-0.05, 0) is 24.1 Å². The van der Waals surface area contributed by atoms with Crippen LogP contribution < -0.4 is 5.73 Å². The van der Waals surface area contributed by atoms with Crippen LogP contribution in [-0.2, 0) is 20.7 Å². The number of hydrogen-bond donors (Lipinski definition) is 1. The molecule has 0 aliphatic carbocycles. The van der Waals surface area contributed by atoms with Crippen molar-refractivity contribution in [1.82, 2.24) is 0 Å². The average Bonchev–Trinajstić information content (AvgIpc) is 2.37. The lowest BCUT2D eigenvalue weighted by molar-refractivity contribution is -0.142. The highest BCUT2D eigenvalue weighted by Gasteiger charge is 2.15. The highest BCUT2D eigenvalue weighted by molar-refractivity contribution is 5.89. The second kappa shape index (κ2) is 6.00. The van der Waals surface area contributed by atoms with Crippen LogP contribution in [0, 0.1) is 0 Å². The molecule has 0 spiro atoms. The van der Waals surface area contributed by atoms with Gasteiger partial charge in [0.15, 0.2) is 0 Å². The average molecular weight is 237 g/mol. The predicted molar refractivity (Wildman–Crippen MR) is 61.5 cm³/mol. The summed E-state index contributed by atoms with van der Waals surface area (Å²) < 4.78 is 9.13. The molecular weight excluding hydrogens is 222 g/mol. The van der Waals surface area contributed by atoms with Crippen molar-refractivity contribution in [2.24, 2.45) is 5.73 Å². The van der Waals surface area contributed by atoms with Gasteiger partial charge in [-0.15, -0.1) is 0 Å². The molecule has 1 rings (SSSR count). The lowest BCUT2D eigenvalue weighted by atomic mass is 10.0. The Labute approximate surface area is 99.5 Å². The molecule has 5 nitrogen and oxygen atoms in total. The van der Waals surface area contributed by atoms with Gasteiger partial charge in [-0.2, -0.15) is 0 Å². The molecule has 5 heteroatoms. The summed E-state index contributed by atoms with van der Waals surface area (Å²) in [5, 5.41) is 0. The molecule has 1 aromatic rings. The van der Waals surface area contributed by atoms with Crippen molar-refractivity contribution in [3.8, 4) is 0 Å². The molecule has 92 valence electrons. The number of hydrogen-bond acceptors (Lipinski definition) is 5.